The van der Waals surface area contributed by atoms with Crippen molar-refractivity contribution in [3.8, 4) is 11.5 Å². The Labute approximate surface area is 202 Å². The second-order valence-corrected chi connectivity index (χ2v) is 11.3. The van der Waals surface area contributed by atoms with Gasteiger partial charge in [-0.2, -0.15) is 0 Å². The quantitative estimate of drug-likeness (QED) is 0.334. The molecule has 32 heavy (non-hydrogen) atoms. The molecule has 0 radical (unpaired) electrons. The molecule has 0 aromatic heterocycles. The lowest BCUT2D eigenvalue weighted by Gasteiger charge is -2.28. The van der Waals surface area contributed by atoms with Crippen molar-refractivity contribution in [2.45, 2.75) is 65.3 Å². The number of rotatable bonds is 7. The summed E-state index contributed by atoms with van der Waals surface area (Å²) in [5.41, 5.74) is 3.54. The third-order valence-corrected chi connectivity index (χ3v) is 5.92. The smallest absolute Gasteiger partial charge is 0.143 e. The van der Waals surface area contributed by atoms with E-state index in [4.69, 9.17) is 23.2 Å². The van der Waals surface area contributed by atoms with Gasteiger partial charge in [-0.05, 0) is 54.1 Å². The number of aromatic hydroxyl groups is 2. The van der Waals surface area contributed by atoms with Crippen LogP contribution in [-0.2, 0) is 17.4 Å². The summed E-state index contributed by atoms with van der Waals surface area (Å²) in [6, 6.07) is 7.41. The van der Waals surface area contributed by atoms with Gasteiger partial charge in [0.1, 0.15) is 11.5 Å². The Morgan fingerprint density at radius 2 is 1.59 bits per heavy atom. The van der Waals surface area contributed by atoms with Gasteiger partial charge in [0.25, 0.3) is 0 Å². The Kier molecular flexibility index (Phi) is 8.66. The average molecular weight is 479 g/mol. The van der Waals surface area contributed by atoms with Gasteiger partial charge in [-0.1, -0.05) is 76.9 Å². The highest BCUT2D eigenvalue weighted by Crippen LogP contribution is 2.38. The number of nitrogens with zero attached hydrogens (tertiary/aromatic N) is 2. The predicted molar refractivity (Wildman–Crippen MR) is 137 cm³/mol. The Bertz CT molecular complexity index is 973. The predicted octanol–water partition coefficient (Wildman–Crippen LogP) is 6.94. The first-order chi connectivity index (χ1) is 14.7. The SMILES string of the molecule is CN(CCCN=Cc1cc(Cl)cc(Cl)c1O)Cc1cc(C(C)(C)C)cc(C(C)(C)C)c1O. The van der Waals surface area contributed by atoms with Gasteiger partial charge in [-0.25, -0.2) is 0 Å². The maximum atomic E-state index is 11.0. The van der Waals surface area contributed by atoms with E-state index >= 15 is 0 Å². The zero-order valence-electron chi connectivity index (χ0n) is 20.3. The zero-order valence-corrected chi connectivity index (χ0v) is 21.8. The van der Waals surface area contributed by atoms with E-state index in [-0.39, 0.29) is 21.6 Å². The van der Waals surface area contributed by atoms with Crippen molar-refractivity contribution in [3.05, 3.63) is 56.6 Å². The normalized spacial score (nSPS) is 12.8. The summed E-state index contributed by atoms with van der Waals surface area (Å²) in [7, 11) is 2.05. The molecule has 2 N–H and O–H groups in total. The standard InChI is InChI=1S/C26H36Cl2N2O2/c1-25(2,3)19-11-18(23(31)21(13-19)26(4,5)6)16-30(7)10-8-9-29-15-17-12-20(27)14-22(28)24(17)32/h11-15,31-32H,8-10,16H2,1-7H3. The van der Waals surface area contributed by atoms with Crippen molar-refractivity contribution in [1.82, 2.24) is 4.90 Å². The minimum Gasteiger partial charge on any atom is -0.507 e. The minimum atomic E-state index is -0.137. The average Bonchev–Trinajstić information content (AvgIpc) is 2.64. The number of benzene rings is 2. The fraction of sp³-hybridized carbons (Fsp3) is 0.500. The van der Waals surface area contributed by atoms with E-state index in [1.165, 1.54) is 11.6 Å². The Morgan fingerprint density at radius 1 is 0.938 bits per heavy atom. The zero-order chi connectivity index (χ0) is 24.3. The van der Waals surface area contributed by atoms with Crippen LogP contribution in [0.5, 0.6) is 11.5 Å². The molecule has 2 rings (SSSR count). The molecule has 0 unspecified atom stereocenters. The number of phenols is 2. The molecule has 6 heteroatoms. The van der Waals surface area contributed by atoms with Crippen LogP contribution in [0, 0.1) is 0 Å². The summed E-state index contributed by atoms with van der Waals surface area (Å²) >= 11 is 11.9. The first kappa shape index (κ1) is 26.5. The van der Waals surface area contributed by atoms with E-state index in [1.807, 2.05) is 7.05 Å². The van der Waals surface area contributed by atoms with Crippen molar-refractivity contribution in [1.29, 1.82) is 0 Å². The second-order valence-electron chi connectivity index (χ2n) is 10.5. The largest absolute Gasteiger partial charge is 0.507 e. The van der Waals surface area contributed by atoms with Crippen LogP contribution in [0.3, 0.4) is 0 Å². The maximum Gasteiger partial charge on any atom is 0.143 e. The third kappa shape index (κ3) is 7.13. The van der Waals surface area contributed by atoms with Crippen LogP contribution in [0.1, 0.15) is 70.2 Å². The van der Waals surface area contributed by atoms with Crippen LogP contribution >= 0.6 is 23.2 Å². The topological polar surface area (TPSA) is 56.1 Å². The fourth-order valence-electron chi connectivity index (χ4n) is 3.47. The summed E-state index contributed by atoms with van der Waals surface area (Å²) in [6.07, 6.45) is 2.44. The van der Waals surface area contributed by atoms with Crippen LogP contribution in [0.15, 0.2) is 29.3 Å². The van der Waals surface area contributed by atoms with Crippen LogP contribution in [0.2, 0.25) is 10.0 Å². The second kappa shape index (κ2) is 10.5. The molecule has 0 heterocycles. The van der Waals surface area contributed by atoms with E-state index in [1.54, 1.807) is 12.3 Å². The van der Waals surface area contributed by atoms with Crippen molar-refractivity contribution < 1.29 is 10.2 Å². The fourth-order valence-corrected chi connectivity index (χ4v) is 3.98. The lowest BCUT2D eigenvalue weighted by atomic mass is 9.79. The summed E-state index contributed by atoms with van der Waals surface area (Å²) in [6.45, 7) is 15.1. The molecule has 0 spiro atoms. The van der Waals surface area contributed by atoms with E-state index in [0.29, 0.717) is 29.4 Å². The molecule has 0 amide bonds. The molecule has 0 saturated carbocycles. The molecule has 4 nitrogen and oxygen atoms in total. The molecule has 2 aromatic rings. The van der Waals surface area contributed by atoms with E-state index in [2.05, 4.69) is 63.6 Å². The van der Waals surface area contributed by atoms with Crippen LogP contribution in [0.4, 0.5) is 0 Å². The summed E-state index contributed by atoms with van der Waals surface area (Å²) in [4.78, 5) is 6.59. The van der Waals surface area contributed by atoms with E-state index in [0.717, 1.165) is 24.1 Å². The Morgan fingerprint density at radius 3 is 2.19 bits per heavy atom. The van der Waals surface area contributed by atoms with Gasteiger partial charge in [-0.3, -0.25) is 4.99 Å². The number of phenolic OH excluding ortho intramolecular Hbond substituents is 2. The number of hydrogen-bond acceptors (Lipinski definition) is 4. The molecule has 0 aliphatic heterocycles. The van der Waals surface area contributed by atoms with Gasteiger partial charge in [0, 0.05) is 35.5 Å². The molecule has 0 aliphatic rings. The molecule has 0 saturated heterocycles. The van der Waals surface area contributed by atoms with Gasteiger partial charge in [-0.15, -0.1) is 0 Å². The van der Waals surface area contributed by atoms with Crippen molar-refractivity contribution in [2.75, 3.05) is 20.1 Å². The van der Waals surface area contributed by atoms with Crippen LogP contribution < -0.4 is 0 Å². The molecule has 0 bridgehead atoms. The Balaban J connectivity index is 2.05. The van der Waals surface area contributed by atoms with Crippen molar-refractivity contribution in [3.63, 3.8) is 0 Å². The lowest BCUT2D eigenvalue weighted by Crippen LogP contribution is -2.22. The van der Waals surface area contributed by atoms with Crippen LogP contribution in [0.25, 0.3) is 0 Å². The number of hydrogen-bond donors (Lipinski definition) is 2. The van der Waals surface area contributed by atoms with Gasteiger partial charge in [0.15, 0.2) is 0 Å². The summed E-state index contributed by atoms with van der Waals surface area (Å²) < 4.78 is 0. The first-order valence-electron chi connectivity index (χ1n) is 10.9. The van der Waals surface area contributed by atoms with Crippen molar-refractivity contribution >= 4 is 29.4 Å². The number of aliphatic imine (C=N–C) groups is 1. The van der Waals surface area contributed by atoms with Gasteiger partial charge in [0.05, 0.1) is 5.02 Å². The lowest BCUT2D eigenvalue weighted by molar-refractivity contribution is 0.316. The van der Waals surface area contributed by atoms with Gasteiger partial charge >= 0.3 is 0 Å². The molecular formula is C26H36Cl2N2O2. The molecule has 0 fully saturated rings. The summed E-state index contributed by atoms with van der Waals surface area (Å²) in [5.74, 6) is 0.379. The van der Waals surface area contributed by atoms with Crippen LogP contribution in [-0.4, -0.2) is 41.5 Å². The van der Waals surface area contributed by atoms with Crippen molar-refractivity contribution in [2.24, 2.45) is 4.99 Å². The maximum absolute atomic E-state index is 11.0. The highest BCUT2D eigenvalue weighted by molar-refractivity contribution is 6.36. The van der Waals surface area contributed by atoms with Gasteiger partial charge < -0.3 is 15.1 Å². The van der Waals surface area contributed by atoms with E-state index in [9.17, 15) is 10.2 Å². The van der Waals surface area contributed by atoms with E-state index < -0.39 is 0 Å². The molecule has 0 aliphatic carbocycles. The first-order valence-corrected chi connectivity index (χ1v) is 11.7. The third-order valence-electron chi connectivity index (χ3n) is 5.42. The monoisotopic (exact) mass is 478 g/mol. The Hall–Kier alpha value is -1.75. The summed E-state index contributed by atoms with van der Waals surface area (Å²) in [5, 5.41) is 21.6. The number of halogens is 2. The molecule has 2 aromatic carbocycles. The molecule has 176 valence electrons. The molecular weight excluding hydrogens is 443 g/mol. The molecule has 0 atom stereocenters. The highest BCUT2D eigenvalue weighted by atomic mass is 35.5. The highest BCUT2D eigenvalue weighted by Gasteiger charge is 2.25. The van der Waals surface area contributed by atoms with Gasteiger partial charge in [0.2, 0.25) is 0 Å². The minimum absolute atomic E-state index is 0.00449.